The SMILES string of the molecule is COc1ccc(-n2ncc(C(=O)N3CCN(C(C#N)C(C)C)CC3)c2C(F)(F)F)nn1. The molecule has 12 heteroatoms. The van der Waals surface area contributed by atoms with Crippen LogP contribution < -0.4 is 4.74 Å². The van der Waals surface area contributed by atoms with Crippen LogP contribution in [0, 0.1) is 17.2 Å². The Labute approximate surface area is 177 Å². The van der Waals surface area contributed by atoms with Gasteiger partial charge in [0.05, 0.1) is 24.9 Å². The van der Waals surface area contributed by atoms with Gasteiger partial charge in [0.15, 0.2) is 11.5 Å². The summed E-state index contributed by atoms with van der Waals surface area (Å²) in [5.74, 6) is -0.716. The molecular weight excluding hydrogens is 415 g/mol. The van der Waals surface area contributed by atoms with Crippen LogP contribution in [-0.4, -0.2) is 75.0 Å². The molecule has 0 spiro atoms. The lowest BCUT2D eigenvalue weighted by molar-refractivity contribution is -0.143. The van der Waals surface area contributed by atoms with Gasteiger partial charge in [-0.1, -0.05) is 13.8 Å². The number of halogens is 3. The minimum atomic E-state index is -4.84. The van der Waals surface area contributed by atoms with E-state index in [1.54, 1.807) is 0 Å². The molecule has 1 aliphatic heterocycles. The molecule has 0 aromatic carbocycles. The van der Waals surface area contributed by atoms with Crippen LogP contribution in [0.2, 0.25) is 0 Å². The number of carbonyl (C=O) groups excluding carboxylic acids is 1. The van der Waals surface area contributed by atoms with Gasteiger partial charge >= 0.3 is 6.18 Å². The van der Waals surface area contributed by atoms with Crippen molar-refractivity contribution >= 4 is 5.91 Å². The molecule has 0 bridgehead atoms. The zero-order chi connectivity index (χ0) is 22.8. The molecule has 9 nitrogen and oxygen atoms in total. The first-order valence-corrected chi connectivity index (χ1v) is 9.63. The Kier molecular flexibility index (Phi) is 6.45. The van der Waals surface area contributed by atoms with Crippen LogP contribution in [0.1, 0.15) is 29.9 Å². The van der Waals surface area contributed by atoms with Crippen molar-refractivity contribution in [3.8, 4) is 17.8 Å². The van der Waals surface area contributed by atoms with E-state index < -0.39 is 23.3 Å². The summed E-state index contributed by atoms with van der Waals surface area (Å²) in [6.07, 6.45) is -3.94. The number of nitriles is 1. The van der Waals surface area contributed by atoms with E-state index in [1.807, 2.05) is 18.7 Å². The minimum absolute atomic E-state index is 0.105. The van der Waals surface area contributed by atoms with E-state index in [4.69, 9.17) is 4.74 Å². The predicted octanol–water partition coefficient (Wildman–Crippen LogP) is 2.00. The van der Waals surface area contributed by atoms with Crippen molar-refractivity contribution in [2.45, 2.75) is 26.1 Å². The third kappa shape index (κ3) is 4.61. The Hall–Kier alpha value is -3.20. The number of hydrogen-bond acceptors (Lipinski definition) is 7. The van der Waals surface area contributed by atoms with E-state index in [0.717, 1.165) is 6.20 Å². The Morgan fingerprint density at radius 1 is 1.19 bits per heavy atom. The molecule has 3 heterocycles. The van der Waals surface area contributed by atoms with Crippen molar-refractivity contribution in [3.05, 3.63) is 29.6 Å². The number of amides is 1. The van der Waals surface area contributed by atoms with Gasteiger partial charge in [-0.15, -0.1) is 10.2 Å². The normalized spacial score (nSPS) is 16.3. The van der Waals surface area contributed by atoms with Crippen LogP contribution in [0.15, 0.2) is 18.3 Å². The Bertz CT molecular complexity index is 958. The third-order valence-corrected chi connectivity index (χ3v) is 5.08. The molecule has 0 N–H and O–H groups in total. The molecule has 166 valence electrons. The summed E-state index contributed by atoms with van der Waals surface area (Å²) in [4.78, 5) is 16.2. The van der Waals surface area contributed by atoms with Crippen LogP contribution in [0.5, 0.6) is 5.88 Å². The van der Waals surface area contributed by atoms with E-state index in [2.05, 4.69) is 21.4 Å². The van der Waals surface area contributed by atoms with Crippen molar-refractivity contribution in [3.63, 3.8) is 0 Å². The monoisotopic (exact) mass is 437 g/mol. The van der Waals surface area contributed by atoms with Crippen molar-refractivity contribution in [1.82, 2.24) is 29.8 Å². The van der Waals surface area contributed by atoms with Crippen LogP contribution >= 0.6 is 0 Å². The maximum atomic E-state index is 13.9. The van der Waals surface area contributed by atoms with Crippen LogP contribution in [0.25, 0.3) is 5.82 Å². The first kappa shape index (κ1) is 22.5. The second-order valence-corrected chi connectivity index (χ2v) is 7.40. The van der Waals surface area contributed by atoms with Gasteiger partial charge in [-0.2, -0.15) is 23.5 Å². The van der Waals surface area contributed by atoms with Crippen LogP contribution in [0.4, 0.5) is 13.2 Å². The first-order valence-electron chi connectivity index (χ1n) is 9.63. The van der Waals surface area contributed by atoms with Crippen molar-refractivity contribution in [2.24, 2.45) is 5.92 Å². The average molecular weight is 437 g/mol. The van der Waals surface area contributed by atoms with Gasteiger partial charge in [-0.25, -0.2) is 4.68 Å². The van der Waals surface area contributed by atoms with E-state index in [1.165, 1.54) is 24.1 Å². The summed E-state index contributed by atoms with van der Waals surface area (Å²) in [6.45, 7) is 5.10. The van der Waals surface area contributed by atoms with Gasteiger partial charge in [-0.05, 0) is 12.0 Å². The molecule has 1 fully saturated rings. The second kappa shape index (κ2) is 8.89. The number of rotatable bonds is 5. The number of methoxy groups -OCH3 is 1. The molecule has 3 rings (SSSR count). The largest absolute Gasteiger partial charge is 0.480 e. The number of aromatic nitrogens is 4. The number of ether oxygens (including phenoxy) is 1. The zero-order valence-electron chi connectivity index (χ0n) is 17.3. The molecule has 1 unspecified atom stereocenters. The number of nitrogens with zero attached hydrogens (tertiary/aromatic N) is 7. The zero-order valence-corrected chi connectivity index (χ0v) is 17.3. The topological polar surface area (TPSA) is 100 Å². The number of carbonyl (C=O) groups is 1. The predicted molar refractivity (Wildman–Crippen MR) is 102 cm³/mol. The third-order valence-electron chi connectivity index (χ3n) is 5.08. The van der Waals surface area contributed by atoms with E-state index in [0.29, 0.717) is 17.8 Å². The lowest BCUT2D eigenvalue weighted by atomic mass is 10.0. The van der Waals surface area contributed by atoms with Crippen molar-refractivity contribution in [1.29, 1.82) is 5.26 Å². The highest BCUT2D eigenvalue weighted by Gasteiger charge is 2.42. The van der Waals surface area contributed by atoms with Crippen LogP contribution in [0.3, 0.4) is 0 Å². The van der Waals surface area contributed by atoms with Crippen LogP contribution in [-0.2, 0) is 6.18 Å². The lowest BCUT2D eigenvalue weighted by Gasteiger charge is -2.38. The molecule has 1 amide bonds. The summed E-state index contributed by atoms with van der Waals surface area (Å²) in [7, 11) is 1.36. The molecule has 31 heavy (non-hydrogen) atoms. The Morgan fingerprint density at radius 2 is 1.87 bits per heavy atom. The standard InChI is InChI=1S/C19H22F3N7O2/c1-12(2)14(10-23)27-6-8-28(9-7-27)18(30)13-11-24-29(17(13)19(20,21)22)15-4-5-16(31-3)26-25-15/h4-5,11-12,14H,6-9H2,1-3H3. The Balaban J connectivity index is 1.85. The summed E-state index contributed by atoms with van der Waals surface area (Å²) in [5, 5.41) is 20.5. The number of piperazine rings is 1. The summed E-state index contributed by atoms with van der Waals surface area (Å²) < 4.78 is 47.0. The van der Waals surface area contributed by atoms with E-state index in [9.17, 15) is 23.2 Å². The summed E-state index contributed by atoms with van der Waals surface area (Å²) in [6, 6.07) is 4.56. The maximum Gasteiger partial charge on any atom is 0.434 e. The van der Waals surface area contributed by atoms with Gasteiger partial charge in [0.25, 0.3) is 5.91 Å². The van der Waals surface area contributed by atoms with E-state index >= 15 is 0 Å². The minimum Gasteiger partial charge on any atom is -0.480 e. The van der Waals surface area contributed by atoms with Gasteiger partial charge < -0.3 is 9.64 Å². The quantitative estimate of drug-likeness (QED) is 0.705. The average Bonchev–Trinajstić information content (AvgIpc) is 3.20. The molecular formula is C19H22F3N7O2. The van der Waals surface area contributed by atoms with Gasteiger partial charge in [-0.3, -0.25) is 9.69 Å². The Morgan fingerprint density at radius 3 is 2.35 bits per heavy atom. The first-order chi connectivity index (χ1) is 14.7. The highest BCUT2D eigenvalue weighted by molar-refractivity contribution is 5.95. The molecule has 1 saturated heterocycles. The smallest absolute Gasteiger partial charge is 0.434 e. The molecule has 2 aromatic rings. The summed E-state index contributed by atoms with van der Waals surface area (Å²) >= 11 is 0. The fraction of sp³-hybridized carbons (Fsp3) is 0.526. The highest BCUT2D eigenvalue weighted by Crippen LogP contribution is 2.34. The number of hydrogen-bond donors (Lipinski definition) is 0. The second-order valence-electron chi connectivity index (χ2n) is 7.40. The fourth-order valence-electron chi connectivity index (χ4n) is 3.51. The van der Waals surface area contributed by atoms with E-state index in [-0.39, 0.29) is 36.7 Å². The van der Waals surface area contributed by atoms with Gasteiger partial charge in [0.1, 0.15) is 6.04 Å². The van der Waals surface area contributed by atoms with Gasteiger partial charge in [0, 0.05) is 32.2 Å². The summed E-state index contributed by atoms with van der Waals surface area (Å²) in [5.41, 5.74) is -1.77. The molecule has 0 aliphatic carbocycles. The fourth-order valence-corrected chi connectivity index (χ4v) is 3.51. The molecule has 2 aromatic heterocycles. The molecule has 1 atom stereocenters. The lowest BCUT2D eigenvalue weighted by Crippen LogP contribution is -2.53. The number of alkyl halides is 3. The molecule has 1 aliphatic rings. The molecule has 0 radical (unpaired) electrons. The van der Waals surface area contributed by atoms with Crippen molar-refractivity contribution < 1.29 is 22.7 Å². The molecule has 0 saturated carbocycles. The van der Waals surface area contributed by atoms with Gasteiger partial charge in [0.2, 0.25) is 5.88 Å². The highest BCUT2D eigenvalue weighted by atomic mass is 19.4. The van der Waals surface area contributed by atoms with Crippen molar-refractivity contribution in [2.75, 3.05) is 33.3 Å². The maximum absolute atomic E-state index is 13.9.